The van der Waals surface area contributed by atoms with E-state index in [1.54, 1.807) is 7.11 Å². The Morgan fingerprint density at radius 1 is 1.32 bits per heavy atom. The first-order chi connectivity index (χ1) is 8.87. The van der Waals surface area contributed by atoms with Crippen molar-refractivity contribution in [1.82, 2.24) is 0 Å². The number of hydrogen-bond donors (Lipinski definition) is 0. The molecule has 0 N–H and O–H groups in total. The van der Waals surface area contributed by atoms with Crippen LogP contribution in [-0.2, 0) is 14.2 Å². The highest BCUT2D eigenvalue weighted by molar-refractivity contribution is 4.98. The van der Waals surface area contributed by atoms with Crippen molar-refractivity contribution in [3.05, 3.63) is 11.6 Å². The lowest BCUT2D eigenvalue weighted by atomic mass is 9.98. The first-order valence-corrected chi connectivity index (χ1v) is 7.36. The standard InChI is InChI=1S/C16H30O3/c1-14(8-6-10-15(2,3)17-5)9-7-11-16(4)18-12-13-19-16/h9H,6-8,10-13H2,1-5H3. The Bertz CT molecular complexity index is 288. The van der Waals surface area contributed by atoms with Crippen molar-refractivity contribution < 1.29 is 14.2 Å². The second kappa shape index (κ2) is 7.41. The summed E-state index contributed by atoms with van der Waals surface area (Å²) in [6.07, 6.45) is 7.69. The van der Waals surface area contributed by atoms with Gasteiger partial charge in [-0.2, -0.15) is 0 Å². The molecule has 0 amide bonds. The SMILES string of the molecule is COC(C)(C)CCCC(C)=CCCC1(C)OCCO1. The third-order valence-electron chi connectivity index (χ3n) is 3.89. The fourth-order valence-corrected chi connectivity index (χ4v) is 2.28. The van der Waals surface area contributed by atoms with Crippen molar-refractivity contribution in [2.24, 2.45) is 0 Å². The van der Waals surface area contributed by atoms with Crippen LogP contribution < -0.4 is 0 Å². The summed E-state index contributed by atoms with van der Waals surface area (Å²) in [7, 11) is 1.78. The molecule has 3 nitrogen and oxygen atoms in total. The van der Waals surface area contributed by atoms with Crippen molar-refractivity contribution in [3.63, 3.8) is 0 Å². The van der Waals surface area contributed by atoms with E-state index >= 15 is 0 Å². The van der Waals surface area contributed by atoms with Gasteiger partial charge in [-0.05, 0) is 53.4 Å². The molecule has 0 spiro atoms. The molecule has 19 heavy (non-hydrogen) atoms. The lowest BCUT2D eigenvalue weighted by Gasteiger charge is -2.22. The van der Waals surface area contributed by atoms with Crippen LogP contribution >= 0.6 is 0 Å². The van der Waals surface area contributed by atoms with Gasteiger partial charge in [0.2, 0.25) is 0 Å². The molecule has 1 aliphatic rings. The fraction of sp³-hybridized carbons (Fsp3) is 0.875. The van der Waals surface area contributed by atoms with E-state index in [1.807, 2.05) is 6.92 Å². The Labute approximate surface area is 118 Å². The van der Waals surface area contributed by atoms with Gasteiger partial charge in [0.15, 0.2) is 5.79 Å². The Morgan fingerprint density at radius 3 is 2.53 bits per heavy atom. The van der Waals surface area contributed by atoms with E-state index < -0.39 is 0 Å². The van der Waals surface area contributed by atoms with Gasteiger partial charge < -0.3 is 14.2 Å². The zero-order valence-electron chi connectivity index (χ0n) is 13.3. The van der Waals surface area contributed by atoms with Crippen LogP contribution in [-0.4, -0.2) is 31.7 Å². The molecule has 0 unspecified atom stereocenters. The minimum absolute atomic E-state index is 0.000710. The Balaban J connectivity index is 2.18. The number of hydrogen-bond acceptors (Lipinski definition) is 3. The molecule has 0 bridgehead atoms. The van der Waals surface area contributed by atoms with Crippen LogP contribution in [0.1, 0.15) is 59.8 Å². The first-order valence-electron chi connectivity index (χ1n) is 7.36. The van der Waals surface area contributed by atoms with Crippen molar-refractivity contribution in [3.8, 4) is 0 Å². The Morgan fingerprint density at radius 2 is 1.95 bits per heavy atom. The molecule has 3 heteroatoms. The molecule has 0 atom stereocenters. The van der Waals surface area contributed by atoms with Crippen LogP contribution in [0.4, 0.5) is 0 Å². The quantitative estimate of drug-likeness (QED) is 0.622. The van der Waals surface area contributed by atoms with Gasteiger partial charge in [0.1, 0.15) is 0 Å². The molecule has 0 saturated carbocycles. The molecule has 112 valence electrons. The van der Waals surface area contributed by atoms with Gasteiger partial charge in [0.25, 0.3) is 0 Å². The number of methoxy groups -OCH3 is 1. The van der Waals surface area contributed by atoms with E-state index in [-0.39, 0.29) is 11.4 Å². The van der Waals surface area contributed by atoms with Gasteiger partial charge in [-0.3, -0.25) is 0 Å². The van der Waals surface area contributed by atoms with Crippen LogP contribution in [0.3, 0.4) is 0 Å². The summed E-state index contributed by atoms with van der Waals surface area (Å²) in [5, 5.41) is 0. The van der Waals surface area contributed by atoms with E-state index in [0.29, 0.717) is 0 Å². The maximum absolute atomic E-state index is 5.59. The zero-order valence-corrected chi connectivity index (χ0v) is 13.3. The number of ether oxygens (including phenoxy) is 3. The molecule has 1 rings (SSSR count). The van der Waals surface area contributed by atoms with Crippen molar-refractivity contribution >= 4 is 0 Å². The highest BCUT2D eigenvalue weighted by Crippen LogP contribution is 2.25. The van der Waals surface area contributed by atoms with Gasteiger partial charge in [-0.25, -0.2) is 0 Å². The summed E-state index contributed by atoms with van der Waals surface area (Å²) >= 11 is 0. The molecule has 0 aliphatic carbocycles. The third kappa shape index (κ3) is 6.55. The van der Waals surface area contributed by atoms with Gasteiger partial charge in [-0.1, -0.05) is 11.6 Å². The number of allylic oxidation sites excluding steroid dienone is 2. The topological polar surface area (TPSA) is 27.7 Å². The van der Waals surface area contributed by atoms with Crippen LogP contribution in [0, 0.1) is 0 Å². The van der Waals surface area contributed by atoms with Crippen LogP contribution in [0.25, 0.3) is 0 Å². The largest absolute Gasteiger partial charge is 0.379 e. The van der Waals surface area contributed by atoms with E-state index in [0.717, 1.165) is 38.9 Å². The molecular formula is C16H30O3. The second-order valence-corrected chi connectivity index (χ2v) is 6.24. The minimum Gasteiger partial charge on any atom is -0.379 e. The molecular weight excluding hydrogens is 240 g/mol. The smallest absolute Gasteiger partial charge is 0.166 e. The highest BCUT2D eigenvalue weighted by atomic mass is 16.7. The molecule has 0 aromatic carbocycles. The third-order valence-corrected chi connectivity index (χ3v) is 3.89. The maximum atomic E-state index is 5.59. The summed E-state index contributed by atoms with van der Waals surface area (Å²) in [5.41, 5.74) is 1.45. The van der Waals surface area contributed by atoms with E-state index in [4.69, 9.17) is 14.2 Å². The average molecular weight is 270 g/mol. The minimum atomic E-state index is -0.352. The van der Waals surface area contributed by atoms with Crippen LogP contribution in [0.5, 0.6) is 0 Å². The lowest BCUT2D eigenvalue weighted by Crippen LogP contribution is -2.24. The van der Waals surface area contributed by atoms with Gasteiger partial charge in [0.05, 0.1) is 18.8 Å². The van der Waals surface area contributed by atoms with Crippen molar-refractivity contribution in [1.29, 1.82) is 0 Å². The van der Waals surface area contributed by atoms with E-state index in [9.17, 15) is 0 Å². The molecule has 0 aromatic heterocycles. The molecule has 1 fully saturated rings. The summed E-state index contributed by atoms with van der Waals surface area (Å²) < 4.78 is 16.6. The Kier molecular flexibility index (Phi) is 6.51. The van der Waals surface area contributed by atoms with E-state index in [2.05, 4.69) is 26.8 Å². The molecule has 1 saturated heterocycles. The van der Waals surface area contributed by atoms with E-state index in [1.165, 1.54) is 12.0 Å². The predicted octanol–water partition coefficient (Wildman–Crippen LogP) is 4.07. The lowest BCUT2D eigenvalue weighted by molar-refractivity contribution is -0.145. The van der Waals surface area contributed by atoms with Crippen LogP contribution in [0.15, 0.2) is 11.6 Å². The van der Waals surface area contributed by atoms with Crippen LogP contribution in [0.2, 0.25) is 0 Å². The van der Waals surface area contributed by atoms with Gasteiger partial charge in [0, 0.05) is 13.5 Å². The van der Waals surface area contributed by atoms with Crippen molar-refractivity contribution in [2.45, 2.75) is 71.2 Å². The Hall–Kier alpha value is -0.380. The summed E-state index contributed by atoms with van der Waals surface area (Å²) in [4.78, 5) is 0. The molecule has 1 heterocycles. The molecule has 0 radical (unpaired) electrons. The predicted molar refractivity (Wildman–Crippen MR) is 78.2 cm³/mol. The van der Waals surface area contributed by atoms with Gasteiger partial charge >= 0.3 is 0 Å². The zero-order chi connectivity index (χ0) is 14.4. The van der Waals surface area contributed by atoms with Crippen molar-refractivity contribution in [2.75, 3.05) is 20.3 Å². The average Bonchev–Trinajstić information content (AvgIpc) is 2.76. The maximum Gasteiger partial charge on any atom is 0.166 e. The first kappa shape index (κ1) is 16.7. The summed E-state index contributed by atoms with van der Waals surface area (Å²) in [6.45, 7) is 9.97. The molecule has 0 aromatic rings. The van der Waals surface area contributed by atoms with Gasteiger partial charge in [-0.15, -0.1) is 0 Å². The fourth-order valence-electron chi connectivity index (χ4n) is 2.28. The monoisotopic (exact) mass is 270 g/mol. The normalized spacial score (nSPS) is 19.9. The second-order valence-electron chi connectivity index (χ2n) is 6.24. The number of rotatable bonds is 8. The highest BCUT2D eigenvalue weighted by Gasteiger charge is 2.29. The summed E-state index contributed by atoms with van der Waals surface area (Å²) in [5.74, 6) is -0.352. The summed E-state index contributed by atoms with van der Waals surface area (Å²) in [6, 6.07) is 0. The molecule has 1 aliphatic heterocycles.